The van der Waals surface area contributed by atoms with Crippen molar-refractivity contribution in [2.45, 2.75) is 38.1 Å². The molecule has 7 heteroatoms. The van der Waals surface area contributed by atoms with Gasteiger partial charge in [-0.05, 0) is 37.1 Å². The molecule has 0 saturated heterocycles. The molecule has 0 heterocycles. The van der Waals surface area contributed by atoms with Crippen LogP contribution >= 0.6 is 0 Å². The third-order valence-corrected chi connectivity index (χ3v) is 4.92. The summed E-state index contributed by atoms with van der Waals surface area (Å²) in [5.41, 5.74) is 1.04. The standard InChI is InChI=1S/C22H23N3O4/c26-21(15-14-16-8-4-7-13-20(16)25(28)29)24-19-12-6-5-11-18(19)22(27)23-17-9-2-1-3-10-17/h4-8,11-15,17H,1-3,9-10H2,(H,23,27)(H,24,26)/b15-14+. The summed E-state index contributed by atoms with van der Waals surface area (Å²) in [6, 6.07) is 13.1. The number of hydrogen-bond donors (Lipinski definition) is 2. The summed E-state index contributed by atoms with van der Waals surface area (Å²) in [6.45, 7) is 0. The van der Waals surface area contributed by atoms with Crippen molar-refractivity contribution in [3.63, 3.8) is 0 Å². The average molecular weight is 393 g/mol. The zero-order valence-corrected chi connectivity index (χ0v) is 16.0. The second-order valence-electron chi connectivity index (χ2n) is 6.99. The number of rotatable bonds is 6. The van der Waals surface area contributed by atoms with Gasteiger partial charge in [-0.3, -0.25) is 19.7 Å². The van der Waals surface area contributed by atoms with Crippen molar-refractivity contribution in [2.75, 3.05) is 5.32 Å². The van der Waals surface area contributed by atoms with Gasteiger partial charge in [0.1, 0.15) is 0 Å². The molecule has 2 aromatic rings. The highest BCUT2D eigenvalue weighted by Crippen LogP contribution is 2.21. The molecule has 2 amide bonds. The van der Waals surface area contributed by atoms with Crippen LogP contribution in [0.3, 0.4) is 0 Å². The lowest BCUT2D eigenvalue weighted by Gasteiger charge is -2.23. The Morgan fingerprint density at radius 3 is 2.45 bits per heavy atom. The first-order valence-electron chi connectivity index (χ1n) is 9.67. The van der Waals surface area contributed by atoms with Gasteiger partial charge in [-0.15, -0.1) is 0 Å². The zero-order valence-electron chi connectivity index (χ0n) is 16.0. The Balaban J connectivity index is 1.69. The Kier molecular flexibility index (Phi) is 6.73. The van der Waals surface area contributed by atoms with E-state index < -0.39 is 10.8 Å². The maximum absolute atomic E-state index is 12.7. The van der Waals surface area contributed by atoms with Gasteiger partial charge in [0, 0.05) is 18.2 Å². The highest BCUT2D eigenvalue weighted by atomic mass is 16.6. The maximum Gasteiger partial charge on any atom is 0.276 e. The van der Waals surface area contributed by atoms with E-state index in [1.54, 1.807) is 42.5 Å². The van der Waals surface area contributed by atoms with E-state index in [1.807, 2.05) is 0 Å². The number of carbonyl (C=O) groups excluding carboxylic acids is 2. The van der Waals surface area contributed by atoms with E-state index in [0.29, 0.717) is 16.8 Å². The molecule has 0 unspecified atom stereocenters. The minimum Gasteiger partial charge on any atom is -0.349 e. The average Bonchev–Trinajstić information content (AvgIpc) is 2.73. The SMILES string of the molecule is O=C(/C=C/c1ccccc1[N+](=O)[O-])Nc1ccccc1C(=O)NC1CCCCC1. The van der Waals surface area contributed by atoms with Crippen LogP contribution in [-0.4, -0.2) is 22.8 Å². The second-order valence-corrected chi connectivity index (χ2v) is 6.99. The summed E-state index contributed by atoms with van der Waals surface area (Å²) in [5, 5.41) is 16.8. The molecular formula is C22H23N3O4. The molecule has 7 nitrogen and oxygen atoms in total. The van der Waals surface area contributed by atoms with Crippen LogP contribution in [0.4, 0.5) is 11.4 Å². The summed E-state index contributed by atoms with van der Waals surface area (Å²) in [4.78, 5) is 35.6. The maximum atomic E-state index is 12.7. The van der Waals surface area contributed by atoms with Gasteiger partial charge in [-0.1, -0.05) is 43.5 Å². The number of nitro benzene ring substituents is 1. The van der Waals surface area contributed by atoms with Gasteiger partial charge in [0.25, 0.3) is 11.6 Å². The lowest BCUT2D eigenvalue weighted by molar-refractivity contribution is -0.385. The van der Waals surface area contributed by atoms with E-state index in [2.05, 4.69) is 10.6 Å². The van der Waals surface area contributed by atoms with E-state index in [4.69, 9.17) is 0 Å². The van der Waals surface area contributed by atoms with E-state index >= 15 is 0 Å². The highest BCUT2D eigenvalue weighted by molar-refractivity contribution is 6.07. The fraction of sp³-hybridized carbons (Fsp3) is 0.273. The molecule has 0 aromatic heterocycles. The van der Waals surface area contributed by atoms with Crippen LogP contribution in [0.5, 0.6) is 0 Å². The molecule has 0 aliphatic heterocycles. The van der Waals surface area contributed by atoms with Crippen LogP contribution in [0.15, 0.2) is 54.6 Å². The number of amides is 2. The first-order chi connectivity index (χ1) is 14.0. The molecule has 29 heavy (non-hydrogen) atoms. The van der Waals surface area contributed by atoms with Crippen molar-refractivity contribution in [3.8, 4) is 0 Å². The topological polar surface area (TPSA) is 101 Å². The van der Waals surface area contributed by atoms with Gasteiger partial charge in [-0.25, -0.2) is 0 Å². The van der Waals surface area contributed by atoms with E-state index in [9.17, 15) is 19.7 Å². The minimum absolute atomic E-state index is 0.0798. The number of para-hydroxylation sites is 2. The summed E-state index contributed by atoms with van der Waals surface area (Å²) >= 11 is 0. The molecule has 1 saturated carbocycles. The van der Waals surface area contributed by atoms with Crippen molar-refractivity contribution in [3.05, 3.63) is 75.8 Å². The fourth-order valence-electron chi connectivity index (χ4n) is 3.43. The molecule has 1 aliphatic rings. The molecule has 2 N–H and O–H groups in total. The summed E-state index contributed by atoms with van der Waals surface area (Å²) in [6.07, 6.45) is 7.97. The van der Waals surface area contributed by atoms with Crippen molar-refractivity contribution >= 4 is 29.3 Å². The van der Waals surface area contributed by atoms with Gasteiger partial charge >= 0.3 is 0 Å². The van der Waals surface area contributed by atoms with Crippen molar-refractivity contribution in [1.82, 2.24) is 5.32 Å². The monoisotopic (exact) mass is 393 g/mol. The van der Waals surface area contributed by atoms with Gasteiger partial charge in [-0.2, -0.15) is 0 Å². The van der Waals surface area contributed by atoms with Gasteiger partial charge in [0.15, 0.2) is 0 Å². The number of anilines is 1. The largest absolute Gasteiger partial charge is 0.349 e. The third-order valence-electron chi connectivity index (χ3n) is 4.92. The first kappa shape index (κ1) is 20.3. The van der Waals surface area contributed by atoms with Crippen LogP contribution in [0, 0.1) is 10.1 Å². The lowest BCUT2D eigenvalue weighted by atomic mass is 9.95. The molecule has 1 aliphatic carbocycles. The van der Waals surface area contributed by atoms with Crippen LogP contribution < -0.4 is 10.6 Å². The van der Waals surface area contributed by atoms with Crippen molar-refractivity contribution in [1.29, 1.82) is 0 Å². The highest BCUT2D eigenvalue weighted by Gasteiger charge is 2.19. The number of benzene rings is 2. The first-order valence-corrected chi connectivity index (χ1v) is 9.67. The zero-order chi connectivity index (χ0) is 20.6. The predicted octanol–water partition coefficient (Wildman–Crippen LogP) is 4.31. The van der Waals surface area contributed by atoms with E-state index in [1.165, 1.54) is 24.6 Å². The van der Waals surface area contributed by atoms with Crippen molar-refractivity contribution in [2.24, 2.45) is 0 Å². The number of hydrogen-bond acceptors (Lipinski definition) is 4. The molecule has 2 aromatic carbocycles. The molecule has 0 bridgehead atoms. The predicted molar refractivity (Wildman–Crippen MR) is 112 cm³/mol. The molecule has 3 rings (SSSR count). The Morgan fingerprint density at radius 1 is 1.00 bits per heavy atom. The lowest BCUT2D eigenvalue weighted by Crippen LogP contribution is -2.36. The molecule has 0 radical (unpaired) electrons. The van der Waals surface area contributed by atoms with Crippen LogP contribution in [-0.2, 0) is 4.79 Å². The molecule has 150 valence electrons. The quantitative estimate of drug-likeness (QED) is 0.434. The molecular weight excluding hydrogens is 370 g/mol. The van der Waals surface area contributed by atoms with Gasteiger partial charge < -0.3 is 10.6 Å². The van der Waals surface area contributed by atoms with Crippen LogP contribution in [0.25, 0.3) is 6.08 Å². The van der Waals surface area contributed by atoms with E-state index in [-0.39, 0.29) is 17.6 Å². The fourth-order valence-corrected chi connectivity index (χ4v) is 3.43. The second kappa shape index (κ2) is 9.64. The summed E-state index contributed by atoms with van der Waals surface area (Å²) in [5.74, 6) is -0.684. The number of nitrogens with zero attached hydrogens (tertiary/aromatic N) is 1. The Labute approximate surface area is 169 Å². The normalized spacial score (nSPS) is 14.5. The van der Waals surface area contributed by atoms with Crippen LogP contribution in [0.2, 0.25) is 0 Å². The van der Waals surface area contributed by atoms with Crippen molar-refractivity contribution < 1.29 is 14.5 Å². The smallest absolute Gasteiger partial charge is 0.276 e. The van der Waals surface area contributed by atoms with E-state index in [0.717, 1.165) is 25.7 Å². The number of nitro groups is 1. The number of carbonyl (C=O) groups is 2. The summed E-state index contributed by atoms with van der Waals surface area (Å²) < 4.78 is 0. The van der Waals surface area contributed by atoms with Crippen LogP contribution in [0.1, 0.15) is 48.0 Å². The summed E-state index contributed by atoms with van der Waals surface area (Å²) in [7, 11) is 0. The Morgan fingerprint density at radius 2 is 1.69 bits per heavy atom. The van der Waals surface area contributed by atoms with Gasteiger partial charge in [0.05, 0.1) is 21.7 Å². The Hall–Kier alpha value is -3.48. The van der Waals surface area contributed by atoms with Gasteiger partial charge in [0.2, 0.25) is 5.91 Å². The number of nitrogens with one attached hydrogen (secondary N) is 2. The molecule has 0 atom stereocenters. The molecule has 1 fully saturated rings. The molecule has 0 spiro atoms. The third kappa shape index (κ3) is 5.51. The Bertz CT molecular complexity index is 933. The minimum atomic E-state index is -0.498.